The van der Waals surface area contributed by atoms with Crippen LogP contribution in [0.1, 0.15) is 24.2 Å². The fourth-order valence-electron chi connectivity index (χ4n) is 2.24. The molecule has 0 aromatic heterocycles. The van der Waals surface area contributed by atoms with Gasteiger partial charge in [-0.3, -0.25) is 4.79 Å². The first kappa shape index (κ1) is 18.2. The summed E-state index contributed by atoms with van der Waals surface area (Å²) in [5, 5.41) is 6.61. The number of nitrogens with two attached hydrogens (primary N) is 1. The topological polar surface area (TPSA) is 96.6 Å². The van der Waals surface area contributed by atoms with Gasteiger partial charge in [-0.1, -0.05) is 56.3 Å². The van der Waals surface area contributed by atoms with E-state index in [1.54, 1.807) is 12.1 Å². The number of benzene rings is 2. The maximum absolute atomic E-state index is 12.4. The lowest BCUT2D eigenvalue weighted by atomic mass is 10.0. The maximum Gasteiger partial charge on any atom is 0.332 e. The summed E-state index contributed by atoms with van der Waals surface area (Å²) < 4.78 is 0. The SMILES string of the molecule is CC(C)C(/C=N/NC(N)=O)NC(=O)c1ccc(-c2ccccc2)cc1. The first-order valence-corrected chi connectivity index (χ1v) is 8.02. The fourth-order valence-corrected chi connectivity index (χ4v) is 2.24. The number of hydrogen-bond donors (Lipinski definition) is 3. The monoisotopic (exact) mass is 338 g/mol. The smallest absolute Gasteiger partial charge is 0.332 e. The van der Waals surface area contributed by atoms with E-state index in [1.807, 2.05) is 56.3 Å². The number of rotatable bonds is 6. The molecular weight excluding hydrogens is 316 g/mol. The average molecular weight is 338 g/mol. The molecule has 4 N–H and O–H groups in total. The first-order chi connectivity index (χ1) is 12.0. The van der Waals surface area contributed by atoms with Crippen LogP contribution in [0.2, 0.25) is 0 Å². The molecule has 130 valence electrons. The zero-order valence-corrected chi connectivity index (χ0v) is 14.3. The van der Waals surface area contributed by atoms with Gasteiger partial charge in [0.05, 0.1) is 6.04 Å². The molecule has 0 bridgehead atoms. The van der Waals surface area contributed by atoms with E-state index in [9.17, 15) is 9.59 Å². The van der Waals surface area contributed by atoms with E-state index in [-0.39, 0.29) is 17.9 Å². The van der Waals surface area contributed by atoms with Gasteiger partial charge in [0, 0.05) is 11.8 Å². The lowest BCUT2D eigenvalue weighted by Crippen LogP contribution is -2.40. The number of nitrogens with zero attached hydrogens (tertiary/aromatic N) is 1. The predicted molar refractivity (Wildman–Crippen MR) is 99.2 cm³/mol. The van der Waals surface area contributed by atoms with Crippen molar-refractivity contribution in [3.63, 3.8) is 0 Å². The standard InChI is InChI=1S/C19H22N4O2/c1-13(2)17(12-21-23-19(20)25)22-18(24)16-10-8-15(9-11-16)14-6-4-3-5-7-14/h3-13,17H,1-2H3,(H,22,24)(H3,20,23,25)/b21-12+. The normalized spacial score (nSPS) is 12.1. The molecule has 0 aliphatic rings. The summed E-state index contributed by atoms with van der Waals surface area (Å²) in [5.41, 5.74) is 9.78. The second-order valence-corrected chi connectivity index (χ2v) is 5.94. The molecule has 0 radical (unpaired) electrons. The van der Waals surface area contributed by atoms with E-state index in [4.69, 9.17) is 5.73 Å². The molecule has 1 unspecified atom stereocenters. The van der Waals surface area contributed by atoms with E-state index in [0.29, 0.717) is 5.56 Å². The van der Waals surface area contributed by atoms with Crippen molar-refractivity contribution in [1.82, 2.24) is 10.7 Å². The van der Waals surface area contributed by atoms with Crippen molar-refractivity contribution < 1.29 is 9.59 Å². The van der Waals surface area contributed by atoms with Gasteiger partial charge in [0.1, 0.15) is 0 Å². The first-order valence-electron chi connectivity index (χ1n) is 8.02. The van der Waals surface area contributed by atoms with E-state index in [1.165, 1.54) is 6.21 Å². The van der Waals surface area contributed by atoms with Crippen LogP contribution < -0.4 is 16.5 Å². The molecule has 3 amide bonds. The number of carbonyl (C=O) groups is 2. The van der Waals surface area contributed by atoms with Gasteiger partial charge in [-0.2, -0.15) is 5.10 Å². The van der Waals surface area contributed by atoms with E-state index in [0.717, 1.165) is 11.1 Å². The Morgan fingerprint density at radius 1 is 1.00 bits per heavy atom. The van der Waals surface area contributed by atoms with Crippen LogP contribution in [0.15, 0.2) is 59.7 Å². The van der Waals surface area contributed by atoms with E-state index in [2.05, 4.69) is 15.8 Å². The molecule has 2 aromatic carbocycles. The third-order valence-electron chi connectivity index (χ3n) is 3.68. The summed E-state index contributed by atoms with van der Waals surface area (Å²) in [6.45, 7) is 3.89. The molecule has 6 nitrogen and oxygen atoms in total. The zero-order chi connectivity index (χ0) is 18.2. The molecule has 0 aliphatic heterocycles. The molecule has 0 saturated heterocycles. The Morgan fingerprint density at radius 3 is 2.16 bits per heavy atom. The molecule has 0 saturated carbocycles. The molecule has 0 fully saturated rings. The van der Waals surface area contributed by atoms with Crippen LogP contribution in [-0.4, -0.2) is 24.2 Å². The quantitative estimate of drug-likeness (QED) is 0.558. The minimum absolute atomic E-state index is 0.103. The van der Waals surface area contributed by atoms with Crippen molar-refractivity contribution in [3.8, 4) is 11.1 Å². The second-order valence-electron chi connectivity index (χ2n) is 5.94. The summed E-state index contributed by atoms with van der Waals surface area (Å²) in [6.07, 6.45) is 1.46. The number of hydrogen-bond acceptors (Lipinski definition) is 3. The molecule has 0 spiro atoms. The summed E-state index contributed by atoms with van der Waals surface area (Å²) in [5.74, 6) is -0.102. The molecule has 2 rings (SSSR count). The average Bonchev–Trinajstić information content (AvgIpc) is 2.61. The van der Waals surface area contributed by atoms with Gasteiger partial charge >= 0.3 is 6.03 Å². The molecule has 6 heteroatoms. The largest absolute Gasteiger partial charge is 0.350 e. The lowest BCUT2D eigenvalue weighted by Gasteiger charge is -2.18. The molecular formula is C19H22N4O2. The van der Waals surface area contributed by atoms with E-state index >= 15 is 0 Å². The van der Waals surface area contributed by atoms with Gasteiger partial charge in [0.2, 0.25) is 0 Å². The summed E-state index contributed by atoms with van der Waals surface area (Å²) in [6, 6.07) is 16.3. The summed E-state index contributed by atoms with van der Waals surface area (Å²) in [4.78, 5) is 23.1. The van der Waals surface area contributed by atoms with Crippen molar-refractivity contribution in [2.24, 2.45) is 16.8 Å². The van der Waals surface area contributed by atoms with Crippen molar-refractivity contribution >= 4 is 18.2 Å². The minimum Gasteiger partial charge on any atom is -0.350 e. The Morgan fingerprint density at radius 2 is 1.60 bits per heavy atom. The number of amides is 3. The summed E-state index contributed by atoms with van der Waals surface area (Å²) in [7, 11) is 0. The van der Waals surface area contributed by atoms with Gasteiger partial charge in [0.15, 0.2) is 0 Å². The Labute approximate surface area is 147 Å². The number of primary amides is 1. The van der Waals surface area contributed by atoms with Crippen LogP contribution in [0.5, 0.6) is 0 Å². The van der Waals surface area contributed by atoms with Crippen LogP contribution in [-0.2, 0) is 0 Å². The van der Waals surface area contributed by atoms with Crippen LogP contribution >= 0.6 is 0 Å². The predicted octanol–water partition coefficient (Wildman–Crippen LogP) is 2.76. The molecule has 0 heterocycles. The zero-order valence-electron chi connectivity index (χ0n) is 14.3. The van der Waals surface area contributed by atoms with Crippen molar-refractivity contribution in [3.05, 3.63) is 60.2 Å². The second kappa shape index (κ2) is 8.63. The highest BCUT2D eigenvalue weighted by Gasteiger charge is 2.15. The highest BCUT2D eigenvalue weighted by molar-refractivity contribution is 5.96. The third-order valence-corrected chi connectivity index (χ3v) is 3.68. The maximum atomic E-state index is 12.4. The number of urea groups is 1. The van der Waals surface area contributed by atoms with Gasteiger partial charge in [-0.15, -0.1) is 0 Å². The van der Waals surface area contributed by atoms with Gasteiger partial charge in [0.25, 0.3) is 5.91 Å². The number of nitrogens with one attached hydrogen (secondary N) is 2. The Balaban J connectivity index is 2.06. The van der Waals surface area contributed by atoms with Crippen LogP contribution in [0, 0.1) is 5.92 Å². The van der Waals surface area contributed by atoms with Crippen LogP contribution in [0.25, 0.3) is 11.1 Å². The van der Waals surface area contributed by atoms with Crippen molar-refractivity contribution in [1.29, 1.82) is 0 Å². The van der Waals surface area contributed by atoms with Gasteiger partial charge < -0.3 is 11.1 Å². The highest BCUT2D eigenvalue weighted by Crippen LogP contribution is 2.19. The van der Waals surface area contributed by atoms with Crippen LogP contribution in [0.3, 0.4) is 0 Å². The van der Waals surface area contributed by atoms with Gasteiger partial charge in [-0.25, -0.2) is 10.2 Å². The van der Waals surface area contributed by atoms with Crippen molar-refractivity contribution in [2.75, 3.05) is 0 Å². The number of hydrazone groups is 1. The van der Waals surface area contributed by atoms with Gasteiger partial charge in [-0.05, 0) is 29.2 Å². The third kappa shape index (κ3) is 5.46. The molecule has 25 heavy (non-hydrogen) atoms. The highest BCUT2D eigenvalue weighted by atomic mass is 16.2. The lowest BCUT2D eigenvalue weighted by molar-refractivity contribution is 0.0940. The van der Waals surface area contributed by atoms with Crippen LogP contribution in [0.4, 0.5) is 4.79 Å². The fraction of sp³-hybridized carbons (Fsp3) is 0.211. The van der Waals surface area contributed by atoms with E-state index < -0.39 is 6.03 Å². The molecule has 1 atom stereocenters. The molecule has 0 aliphatic carbocycles. The Hall–Kier alpha value is -3.15. The summed E-state index contributed by atoms with van der Waals surface area (Å²) >= 11 is 0. The van der Waals surface area contributed by atoms with Crippen molar-refractivity contribution in [2.45, 2.75) is 19.9 Å². The Kier molecular flexibility index (Phi) is 6.28. The molecule has 2 aromatic rings. The Bertz CT molecular complexity index is 740. The number of carbonyl (C=O) groups excluding carboxylic acids is 2. The minimum atomic E-state index is -0.749.